The van der Waals surface area contributed by atoms with Crippen LogP contribution in [-0.4, -0.2) is 44.9 Å². The molecule has 128 valence electrons. The molecule has 1 amide bonds. The number of amides is 1. The Morgan fingerprint density at radius 3 is 2.87 bits per heavy atom. The van der Waals surface area contributed by atoms with Crippen LogP contribution in [0.1, 0.15) is 43.0 Å². The highest BCUT2D eigenvalue weighted by atomic mass is 32.2. The topological polar surface area (TPSA) is 92.5 Å². The predicted octanol–water partition coefficient (Wildman–Crippen LogP) is 1.33. The number of benzene rings is 1. The summed E-state index contributed by atoms with van der Waals surface area (Å²) in [4.78, 5) is 13.6. The normalized spacial score (nSPS) is 19.6. The number of nitrogens with zero attached hydrogens (tertiary/aromatic N) is 1. The molecule has 7 heteroatoms. The van der Waals surface area contributed by atoms with Gasteiger partial charge in [0.25, 0.3) is 0 Å². The summed E-state index contributed by atoms with van der Waals surface area (Å²) < 4.78 is 27.1. The first-order valence-corrected chi connectivity index (χ1v) is 9.52. The Kier molecular flexibility index (Phi) is 6.15. The van der Waals surface area contributed by atoms with E-state index in [1.165, 1.54) is 43.5 Å². The Morgan fingerprint density at radius 2 is 2.17 bits per heavy atom. The molecule has 0 radical (unpaired) electrons. The van der Waals surface area contributed by atoms with Crippen LogP contribution >= 0.6 is 0 Å². The van der Waals surface area contributed by atoms with Gasteiger partial charge in [0.1, 0.15) is 0 Å². The highest BCUT2D eigenvalue weighted by molar-refractivity contribution is 7.89. The lowest BCUT2D eigenvalue weighted by Crippen LogP contribution is -2.39. The third kappa shape index (κ3) is 5.02. The third-order valence-corrected chi connectivity index (χ3v) is 5.74. The third-order valence-electron chi connectivity index (χ3n) is 4.28. The molecular formula is C16H25N3O3S. The Labute approximate surface area is 138 Å². The average molecular weight is 339 g/mol. The fraction of sp³-hybridized carbons (Fsp3) is 0.562. The molecule has 0 aromatic heterocycles. The first-order chi connectivity index (χ1) is 10.9. The largest absolute Gasteiger partial charge is 0.366 e. The van der Waals surface area contributed by atoms with Crippen molar-refractivity contribution in [3.05, 3.63) is 29.8 Å². The van der Waals surface area contributed by atoms with Crippen LogP contribution in [0.4, 0.5) is 0 Å². The fourth-order valence-electron chi connectivity index (χ4n) is 2.88. The maximum Gasteiger partial charge on any atom is 0.248 e. The number of carbonyl (C=O) groups excluding carboxylic acids is 1. The molecule has 1 aromatic carbocycles. The molecule has 2 rings (SSSR count). The quantitative estimate of drug-likeness (QED) is 0.733. The van der Waals surface area contributed by atoms with Crippen LogP contribution in [0, 0.1) is 0 Å². The van der Waals surface area contributed by atoms with Gasteiger partial charge in [0.2, 0.25) is 15.9 Å². The second-order valence-corrected chi connectivity index (χ2v) is 7.79. The van der Waals surface area contributed by atoms with E-state index in [1.54, 1.807) is 0 Å². The van der Waals surface area contributed by atoms with Crippen molar-refractivity contribution >= 4 is 15.9 Å². The molecule has 1 heterocycles. The molecule has 0 bridgehead atoms. The maximum atomic E-state index is 12.2. The van der Waals surface area contributed by atoms with Crippen molar-refractivity contribution in [3.8, 4) is 0 Å². The van der Waals surface area contributed by atoms with E-state index in [4.69, 9.17) is 5.73 Å². The summed E-state index contributed by atoms with van der Waals surface area (Å²) in [5, 5.41) is 0. The summed E-state index contributed by atoms with van der Waals surface area (Å²) in [6, 6.07) is 6.36. The van der Waals surface area contributed by atoms with Crippen LogP contribution in [0.5, 0.6) is 0 Å². The molecular weight excluding hydrogens is 314 g/mol. The van der Waals surface area contributed by atoms with E-state index in [1.807, 2.05) is 0 Å². The van der Waals surface area contributed by atoms with Gasteiger partial charge in [-0.15, -0.1) is 0 Å². The summed E-state index contributed by atoms with van der Waals surface area (Å²) in [5.74, 6) is -0.638. The molecule has 1 aromatic rings. The fourth-order valence-corrected chi connectivity index (χ4v) is 4.00. The van der Waals surface area contributed by atoms with Crippen molar-refractivity contribution in [1.29, 1.82) is 0 Å². The second-order valence-electron chi connectivity index (χ2n) is 6.02. The zero-order valence-corrected chi connectivity index (χ0v) is 14.3. The van der Waals surface area contributed by atoms with Gasteiger partial charge in [-0.2, -0.15) is 0 Å². The van der Waals surface area contributed by atoms with Crippen molar-refractivity contribution in [2.75, 3.05) is 19.6 Å². The van der Waals surface area contributed by atoms with Crippen molar-refractivity contribution in [3.63, 3.8) is 0 Å². The van der Waals surface area contributed by atoms with E-state index in [9.17, 15) is 13.2 Å². The SMILES string of the molecule is CC1CCCCN1CCCNS(=O)(=O)c1cccc(C(N)=O)c1. The van der Waals surface area contributed by atoms with Crippen LogP contribution < -0.4 is 10.5 Å². The minimum atomic E-state index is -3.61. The number of likely N-dealkylation sites (tertiary alicyclic amines) is 1. The van der Waals surface area contributed by atoms with Gasteiger partial charge in [-0.1, -0.05) is 12.5 Å². The molecule has 0 spiro atoms. The minimum Gasteiger partial charge on any atom is -0.366 e. The van der Waals surface area contributed by atoms with Gasteiger partial charge in [0.05, 0.1) is 4.90 Å². The number of nitrogens with one attached hydrogen (secondary N) is 1. The first-order valence-electron chi connectivity index (χ1n) is 8.04. The van der Waals surface area contributed by atoms with Crippen LogP contribution in [0.15, 0.2) is 29.2 Å². The number of carbonyl (C=O) groups is 1. The van der Waals surface area contributed by atoms with E-state index in [0.717, 1.165) is 19.5 Å². The number of hydrogen-bond donors (Lipinski definition) is 2. The van der Waals surface area contributed by atoms with E-state index < -0.39 is 15.9 Å². The Balaban J connectivity index is 1.86. The highest BCUT2D eigenvalue weighted by Gasteiger charge is 2.18. The number of sulfonamides is 1. The zero-order chi connectivity index (χ0) is 16.9. The highest BCUT2D eigenvalue weighted by Crippen LogP contribution is 2.16. The van der Waals surface area contributed by atoms with Gasteiger partial charge in [0, 0.05) is 18.2 Å². The monoisotopic (exact) mass is 339 g/mol. The summed E-state index contributed by atoms with van der Waals surface area (Å²) in [6.07, 6.45) is 4.47. The lowest BCUT2D eigenvalue weighted by molar-refractivity contribution is 0.1000. The molecule has 1 unspecified atom stereocenters. The molecule has 1 aliphatic rings. The Bertz CT molecular complexity index is 646. The van der Waals surface area contributed by atoms with Crippen LogP contribution in [-0.2, 0) is 10.0 Å². The Hall–Kier alpha value is -1.44. The molecule has 0 aliphatic carbocycles. The van der Waals surface area contributed by atoms with E-state index in [0.29, 0.717) is 12.6 Å². The number of rotatable bonds is 7. The average Bonchev–Trinajstić information content (AvgIpc) is 2.53. The smallest absolute Gasteiger partial charge is 0.248 e. The molecule has 6 nitrogen and oxygen atoms in total. The number of hydrogen-bond acceptors (Lipinski definition) is 4. The lowest BCUT2D eigenvalue weighted by atomic mass is 10.0. The van der Waals surface area contributed by atoms with E-state index in [-0.39, 0.29) is 10.5 Å². The molecule has 3 N–H and O–H groups in total. The number of piperidine rings is 1. The van der Waals surface area contributed by atoms with E-state index >= 15 is 0 Å². The van der Waals surface area contributed by atoms with Gasteiger partial charge >= 0.3 is 0 Å². The predicted molar refractivity (Wildman–Crippen MR) is 89.7 cm³/mol. The summed E-state index contributed by atoms with van der Waals surface area (Å²) in [7, 11) is -3.61. The standard InChI is InChI=1S/C16H25N3O3S/c1-13-6-2-3-10-19(13)11-5-9-18-23(21,22)15-8-4-7-14(12-15)16(17)20/h4,7-8,12-13,18H,2-3,5-6,9-11H2,1H3,(H2,17,20). The number of primary amides is 1. The van der Waals surface area contributed by atoms with Crippen molar-refractivity contribution in [1.82, 2.24) is 9.62 Å². The molecule has 1 atom stereocenters. The van der Waals surface area contributed by atoms with Gasteiger partial charge in [0.15, 0.2) is 0 Å². The Morgan fingerprint density at radius 1 is 1.39 bits per heavy atom. The van der Waals surface area contributed by atoms with Gasteiger partial charge in [-0.25, -0.2) is 13.1 Å². The second kappa shape index (κ2) is 7.90. The van der Waals surface area contributed by atoms with Crippen LogP contribution in [0.2, 0.25) is 0 Å². The molecule has 1 saturated heterocycles. The number of nitrogens with two attached hydrogens (primary N) is 1. The van der Waals surface area contributed by atoms with Gasteiger partial charge in [-0.3, -0.25) is 4.79 Å². The molecule has 23 heavy (non-hydrogen) atoms. The van der Waals surface area contributed by atoms with Crippen LogP contribution in [0.25, 0.3) is 0 Å². The van der Waals surface area contributed by atoms with E-state index in [2.05, 4.69) is 16.5 Å². The van der Waals surface area contributed by atoms with Gasteiger partial charge in [-0.05, 0) is 57.5 Å². The van der Waals surface area contributed by atoms with Gasteiger partial charge < -0.3 is 10.6 Å². The lowest BCUT2D eigenvalue weighted by Gasteiger charge is -2.33. The van der Waals surface area contributed by atoms with Crippen LogP contribution in [0.3, 0.4) is 0 Å². The minimum absolute atomic E-state index is 0.0696. The summed E-state index contributed by atoms with van der Waals surface area (Å²) in [5.41, 5.74) is 5.37. The molecule has 1 fully saturated rings. The van der Waals surface area contributed by atoms with Crippen molar-refractivity contribution < 1.29 is 13.2 Å². The maximum absolute atomic E-state index is 12.2. The summed E-state index contributed by atoms with van der Waals surface area (Å²) >= 11 is 0. The van der Waals surface area contributed by atoms with Crippen molar-refractivity contribution in [2.24, 2.45) is 5.73 Å². The first kappa shape index (κ1) is 17.9. The van der Waals surface area contributed by atoms with Crippen molar-refractivity contribution in [2.45, 2.75) is 43.5 Å². The summed E-state index contributed by atoms with van der Waals surface area (Å²) in [6.45, 7) is 4.59. The molecule has 1 aliphatic heterocycles. The zero-order valence-electron chi connectivity index (χ0n) is 13.5. The molecule has 0 saturated carbocycles.